The molecule has 0 atom stereocenters. The Labute approximate surface area is 164 Å². The molecule has 0 saturated carbocycles. The molecule has 0 bridgehead atoms. The summed E-state index contributed by atoms with van der Waals surface area (Å²) in [7, 11) is 0. The fraction of sp³-hybridized carbons (Fsp3) is 0.0952. The molecule has 0 amide bonds. The monoisotopic (exact) mass is 388 g/mol. The summed E-state index contributed by atoms with van der Waals surface area (Å²) in [6, 6.07) is 23.1. The van der Waals surface area contributed by atoms with Gasteiger partial charge in [-0.3, -0.25) is 0 Å². The smallest absolute Gasteiger partial charge is 0.151 e. The van der Waals surface area contributed by atoms with Gasteiger partial charge in [-0.2, -0.15) is 0 Å². The SMILES string of the molecule is c1ccc2c(Cn3cc(CSc4nc5ccccc5s4)nn3)cccc2c1. The third-order valence-corrected chi connectivity index (χ3v) is 6.63. The van der Waals surface area contributed by atoms with Crippen LogP contribution in [0.25, 0.3) is 21.0 Å². The van der Waals surface area contributed by atoms with Crippen LogP contribution in [0.1, 0.15) is 11.3 Å². The van der Waals surface area contributed by atoms with Crippen LogP contribution < -0.4 is 0 Å². The molecule has 0 fully saturated rings. The number of benzene rings is 3. The van der Waals surface area contributed by atoms with Crippen LogP contribution in [0.3, 0.4) is 0 Å². The molecular formula is C21H16N4S2. The van der Waals surface area contributed by atoms with Crippen LogP contribution in [-0.2, 0) is 12.3 Å². The molecule has 132 valence electrons. The minimum Gasteiger partial charge on any atom is -0.248 e. The van der Waals surface area contributed by atoms with Gasteiger partial charge in [0, 0.05) is 11.9 Å². The number of aromatic nitrogens is 4. The van der Waals surface area contributed by atoms with Gasteiger partial charge in [-0.1, -0.05) is 71.6 Å². The topological polar surface area (TPSA) is 43.6 Å². The van der Waals surface area contributed by atoms with Crippen LogP contribution in [0.5, 0.6) is 0 Å². The number of hydrogen-bond donors (Lipinski definition) is 0. The number of thiazole rings is 1. The summed E-state index contributed by atoms with van der Waals surface area (Å²) >= 11 is 3.44. The molecule has 6 heteroatoms. The second kappa shape index (κ2) is 7.13. The quantitative estimate of drug-likeness (QED) is 0.379. The van der Waals surface area contributed by atoms with E-state index in [0.29, 0.717) is 0 Å². The lowest BCUT2D eigenvalue weighted by Crippen LogP contribution is -2.01. The predicted molar refractivity (Wildman–Crippen MR) is 112 cm³/mol. The zero-order valence-electron chi connectivity index (χ0n) is 14.4. The summed E-state index contributed by atoms with van der Waals surface area (Å²) in [5.41, 5.74) is 3.28. The number of thioether (sulfide) groups is 1. The summed E-state index contributed by atoms with van der Waals surface area (Å²) in [6.07, 6.45) is 2.03. The highest BCUT2D eigenvalue weighted by Crippen LogP contribution is 2.31. The molecule has 0 saturated heterocycles. The van der Waals surface area contributed by atoms with Crippen molar-refractivity contribution >= 4 is 44.1 Å². The normalized spacial score (nSPS) is 11.4. The van der Waals surface area contributed by atoms with Crippen molar-refractivity contribution in [2.75, 3.05) is 0 Å². The van der Waals surface area contributed by atoms with Crippen molar-refractivity contribution in [1.82, 2.24) is 20.0 Å². The summed E-state index contributed by atoms with van der Waals surface area (Å²) in [4.78, 5) is 4.66. The van der Waals surface area contributed by atoms with E-state index in [1.807, 2.05) is 23.0 Å². The number of rotatable bonds is 5. The maximum atomic E-state index is 4.66. The third-order valence-electron chi connectivity index (χ3n) is 4.42. The van der Waals surface area contributed by atoms with Crippen LogP contribution >= 0.6 is 23.1 Å². The van der Waals surface area contributed by atoms with E-state index in [1.165, 1.54) is 21.0 Å². The van der Waals surface area contributed by atoms with Gasteiger partial charge in [-0.15, -0.1) is 16.4 Å². The van der Waals surface area contributed by atoms with Gasteiger partial charge >= 0.3 is 0 Å². The number of hydrogen-bond acceptors (Lipinski definition) is 5. The number of para-hydroxylation sites is 1. The van der Waals surface area contributed by atoms with E-state index >= 15 is 0 Å². The maximum Gasteiger partial charge on any atom is 0.151 e. The van der Waals surface area contributed by atoms with Gasteiger partial charge in [0.15, 0.2) is 4.34 Å². The van der Waals surface area contributed by atoms with Crippen molar-refractivity contribution in [3.63, 3.8) is 0 Å². The first-order valence-corrected chi connectivity index (χ1v) is 10.5. The van der Waals surface area contributed by atoms with Gasteiger partial charge in [0.25, 0.3) is 0 Å². The summed E-state index contributed by atoms with van der Waals surface area (Å²) < 4.78 is 4.20. The van der Waals surface area contributed by atoms with Crippen molar-refractivity contribution in [2.24, 2.45) is 0 Å². The fourth-order valence-corrected chi connectivity index (χ4v) is 5.08. The van der Waals surface area contributed by atoms with Crippen molar-refractivity contribution < 1.29 is 0 Å². The molecule has 3 aromatic carbocycles. The Balaban J connectivity index is 1.31. The van der Waals surface area contributed by atoms with E-state index in [4.69, 9.17) is 0 Å². The van der Waals surface area contributed by atoms with Crippen LogP contribution in [-0.4, -0.2) is 20.0 Å². The highest BCUT2D eigenvalue weighted by Gasteiger charge is 2.08. The maximum absolute atomic E-state index is 4.66. The molecule has 0 aliphatic rings. The molecule has 0 N–H and O–H groups in total. The third kappa shape index (κ3) is 3.46. The number of nitrogens with zero attached hydrogens (tertiary/aromatic N) is 4. The van der Waals surface area contributed by atoms with Gasteiger partial charge in [-0.25, -0.2) is 9.67 Å². The van der Waals surface area contributed by atoms with E-state index in [0.717, 1.165) is 27.8 Å². The predicted octanol–water partition coefficient (Wildman–Crippen LogP) is 5.38. The summed E-state index contributed by atoms with van der Waals surface area (Å²) in [5, 5.41) is 11.2. The van der Waals surface area contributed by atoms with Gasteiger partial charge in [0.1, 0.15) is 0 Å². The second-order valence-corrected chi connectivity index (χ2v) is 8.54. The van der Waals surface area contributed by atoms with Gasteiger partial charge < -0.3 is 0 Å². The van der Waals surface area contributed by atoms with Crippen molar-refractivity contribution in [3.8, 4) is 0 Å². The molecular weight excluding hydrogens is 372 g/mol. The molecule has 5 aromatic rings. The second-order valence-electron chi connectivity index (χ2n) is 6.28. The molecule has 2 aromatic heterocycles. The lowest BCUT2D eigenvalue weighted by Gasteiger charge is -2.05. The molecule has 0 aliphatic heterocycles. The Morgan fingerprint density at radius 3 is 2.74 bits per heavy atom. The standard InChI is InChI=1S/C21H16N4S2/c1-2-9-18-15(6-1)7-5-8-16(18)12-25-13-17(23-24-25)14-26-21-22-19-10-3-4-11-20(19)27-21/h1-11,13H,12,14H2. The highest BCUT2D eigenvalue weighted by atomic mass is 32.2. The van der Waals surface area contributed by atoms with Crippen LogP contribution in [0, 0.1) is 0 Å². The first-order valence-electron chi connectivity index (χ1n) is 8.69. The minimum absolute atomic E-state index is 0.722. The lowest BCUT2D eigenvalue weighted by atomic mass is 10.0. The van der Waals surface area contributed by atoms with E-state index in [1.54, 1.807) is 23.1 Å². The Morgan fingerprint density at radius 2 is 1.78 bits per heavy atom. The van der Waals surface area contributed by atoms with E-state index < -0.39 is 0 Å². The Hall–Kier alpha value is -2.70. The molecule has 5 rings (SSSR count). The van der Waals surface area contributed by atoms with Crippen molar-refractivity contribution in [3.05, 3.63) is 84.2 Å². The Kier molecular flexibility index (Phi) is 4.35. The highest BCUT2D eigenvalue weighted by molar-refractivity contribution is 8.00. The van der Waals surface area contributed by atoms with Crippen molar-refractivity contribution in [2.45, 2.75) is 16.6 Å². The molecule has 2 heterocycles. The zero-order valence-corrected chi connectivity index (χ0v) is 16.1. The minimum atomic E-state index is 0.722. The van der Waals surface area contributed by atoms with Crippen molar-refractivity contribution in [1.29, 1.82) is 0 Å². The number of fused-ring (bicyclic) bond motifs is 2. The average molecular weight is 389 g/mol. The molecule has 27 heavy (non-hydrogen) atoms. The van der Waals surface area contributed by atoms with E-state index in [-0.39, 0.29) is 0 Å². The van der Waals surface area contributed by atoms with Gasteiger partial charge in [0.05, 0.1) is 22.5 Å². The van der Waals surface area contributed by atoms with Crippen LogP contribution in [0.2, 0.25) is 0 Å². The van der Waals surface area contributed by atoms with Gasteiger partial charge in [0.2, 0.25) is 0 Å². The molecule has 0 spiro atoms. The lowest BCUT2D eigenvalue weighted by molar-refractivity contribution is 0.652. The molecule has 4 nitrogen and oxygen atoms in total. The first-order chi connectivity index (χ1) is 13.3. The van der Waals surface area contributed by atoms with Gasteiger partial charge in [-0.05, 0) is 28.5 Å². The fourth-order valence-electron chi connectivity index (χ4n) is 3.14. The van der Waals surface area contributed by atoms with Crippen LogP contribution in [0.15, 0.2) is 77.3 Å². The summed E-state index contributed by atoms with van der Waals surface area (Å²) in [5.74, 6) is 0.773. The largest absolute Gasteiger partial charge is 0.248 e. The zero-order chi connectivity index (χ0) is 18.1. The molecule has 0 radical (unpaired) electrons. The Morgan fingerprint density at radius 1 is 0.926 bits per heavy atom. The summed E-state index contributed by atoms with van der Waals surface area (Å²) in [6.45, 7) is 0.722. The first kappa shape index (κ1) is 16.5. The average Bonchev–Trinajstić information content (AvgIpc) is 3.33. The van der Waals surface area contributed by atoms with E-state index in [9.17, 15) is 0 Å². The molecule has 0 unspecified atom stereocenters. The Bertz CT molecular complexity index is 1190. The molecule has 0 aliphatic carbocycles. The van der Waals surface area contributed by atoms with Crippen LogP contribution in [0.4, 0.5) is 0 Å². The van der Waals surface area contributed by atoms with E-state index in [2.05, 4.69) is 69.9 Å².